The Kier molecular flexibility index (Phi) is 6.33. The molecule has 0 heterocycles. The van der Waals surface area contributed by atoms with Crippen molar-refractivity contribution in [1.29, 1.82) is 0 Å². The number of likely N-dealkylation sites (N-methyl/N-ethyl adjacent to an activating group) is 1. The van der Waals surface area contributed by atoms with Gasteiger partial charge in [-0.3, -0.25) is 4.90 Å². The zero-order chi connectivity index (χ0) is 18.5. The number of benzene rings is 3. The van der Waals surface area contributed by atoms with Crippen molar-refractivity contribution in [3.63, 3.8) is 0 Å². The highest BCUT2D eigenvalue weighted by Crippen LogP contribution is 2.29. The summed E-state index contributed by atoms with van der Waals surface area (Å²) in [5.41, 5.74) is 4.11. The van der Waals surface area contributed by atoms with Crippen LogP contribution in [-0.2, 0) is 6.54 Å². The molecule has 0 spiro atoms. The summed E-state index contributed by atoms with van der Waals surface area (Å²) in [6.45, 7) is 1.24. The van der Waals surface area contributed by atoms with Crippen LogP contribution in [0.15, 0.2) is 72.8 Å². The van der Waals surface area contributed by atoms with Crippen LogP contribution < -0.4 is 0 Å². The zero-order valence-corrected chi connectivity index (χ0v) is 16.1. The second-order valence-electron chi connectivity index (χ2n) is 6.44. The lowest BCUT2D eigenvalue weighted by Gasteiger charge is -2.21. The summed E-state index contributed by atoms with van der Waals surface area (Å²) in [5.74, 6) is 0. The highest BCUT2D eigenvalue weighted by Gasteiger charge is 2.12. The fourth-order valence-electron chi connectivity index (χ4n) is 2.97. The minimum atomic E-state index is -0.559. The first-order valence-corrected chi connectivity index (χ1v) is 9.24. The number of halogens is 2. The van der Waals surface area contributed by atoms with E-state index in [9.17, 15) is 5.11 Å². The van der Waals surface area contributed by atoms with Crippen molar-refractivity contribution in [1.82, 2.24) is 4.90 Å². The molecule has 0 saturated heterocycles. The van der Waals surface area contributed by atoms with Gasteiger partial charge in [0.1, 0.15) is 0 Å². The maximum atomic E-state index is 10.4. The molecule has 0 aliphatic carbocycles. The summed E-state index contributed by atoms with van der Waals surface area (Å²) in [6, 6.07) is 23.5. The van der Waals surface area contributed by atoms with Gasteiger partial charge in [-0.05, 0) is 41.9 Å². The first-order chi connectivity index (χ1) is 12.5. The van der Waals surface area contributed by atoms with Crippen molar-refractivity contribution in [3.8, 4) is 11.1 Å². The van der Waals surface area contributed by atoms with Crippen LogP contribution in [0.3, 0.4) is 0 Å². The molecule has 2 nitrogen and oxygen atoms in total. The molecule has 26 heavy (non-hydrogen) atoms. The average Bonchev–Trinajstić information content (AvgIpc) is 2.63. The quantitative estimate of drug-likeness (QED) is 0.577. The van der Waals surface area contributed by atoms with E-state index < -0.39 is 6.10 Å². The van der Waals surface area contributed by atoms with Gasteiger partial charge in [0.2, 0.25) is 0 Å². The van der Waals surface area contributed by atoms with E-state index in [0.717, 1.165) is 27.3 Å². The molecule has 0 amide bonds. The molecule has 1 atom stereocenters. The zero-order valence-electron chi connectivity index (χ0n) is 14.6. The summed E-state index contributed by atoms with van der Waals surface area (Å²) in [5, 5.41) is 11.8. The van der Waals surface area contributed by atoms with Gasteiger partial charge in [0.15, 0.2) is 0 Å². The van der Waals surface area contributed by atoms with Gasteiger partial charge in [-0.1, -0.05) is 77.8 Å². The third-order valence-electron chi connectivity index (χ3n) is 4.31. The fourth-order valence-corrected chi connectivity index (χ4v) is 3.41. The number of aliphatic hydroxyl groups is 1. The second-order valence-corrected chi connectivity index (χ2v) is 7.29. The van der Waals surface area contributed by atoms with Crippen LogP contribution >= 0.6 is 23.2 Å². The number of aliphatic hydroxyl groups excluding tert-OH is 1. The van der Waals surface area contributed by atoms with Gasteiger partial charge in [0.25, 0.3) is 0 Å². The Morgan fingerprint density at radius 3 is 2.27 bits per heavy atom. The Bertz CT molecular complexity index is 850. The van der Waals surface area contributed by atoms with E-state index in [-0.39, 0.29) is 0 Å². The lowest BCUT2D eigenvalue weighted by Crippen LogP contribution is -2.24. The summed E-state index contributed by atoms with van der Waals surface area (Å²) in [7, 11) is 1.98. The minimum absolute atomic E-state index is 0.527. The van der Waals surface area contributed by atoms with Crippen molar-refractivity contribution in [2.24, 2.45) is 0 Å². The highest BCUT2D eigenvalue weighted by molar-refractivity contribution is 6.33. The van der Waals surface area contributed by atoms with Gasteiger partial charge >= 0.3 is 0 Å². The Hall–Kier alpha value is -1.84. The largest absolute Gasteiger partial charge is 0.387 e. The molecule has 0 aliphatic rings. The number of rotatable bonds is 6. The van der Waals surface area contributed by atoms with E-state index in [1.807, 2.05) is 43.4 Å². The topological polar surface area (TPSA) is 23.5 Å². The number of hydrogen-bond acceptors (Lipinski definition) is 2. The molecule has 0 aromatic heterocycles. The summed E-state index contributed by atoms with van der Waals surface area (Å²) >= 11 is 12.4. The van der Waals surface area contributed by atoms with E-state index in [2.05, 4.69) is 29.2 Å². The average molecular weight is 386 g/mol. The molecule has 3 aromatic rings. The molecular formula is C22H21Cl2NO. The fraction of sp³-hybridized carbons (Fsp3) is 0.182. The van der Waals surface area contributed by atoms with Crippen LogP contribution in [0.1, 0.15) is 17.2 Å². The molecule has 1 N–H and O–H groups in total. The Morgan fingerprint density at radius 1 is 0.923 bits per heavy atom. The summed E-state index contributed by atoms with van der Waals surface area (Å²) in [6.07, 6.45) is -0.559. The molecule has 3 rings (SSSR count). The van der Waals surface area contributed by atoms with Crippen molar-refractivity contribution >= 4 is 23.2 Å². The van der Waals surface area contributed by atoms with Crippen LogP contribution in [0.25, 0.3) is 11.1 Å². The first-order valence-electron chi connectivity index (χ1n) is 8.49. The van der Waals surface area contributed by atoms with E-state index in [1.54, 1.807) is 12.1 Å². The van der Waals surface area contributed by atoms with Crippen molar-refractivity contribution < 1.29 is 5.11 Å². The molecule has 134 valence electrons. The first kappa shape index (κ1) is 18.9. The summed E-state index contributed by atoms with van der Waals surface area (Å²) in [4.78, 5) is 2.08. The molecule has 0 saturated carbocycles. The van der Waals surface area contributed by atoms with Crippen LogP contribution in [0.4, 0.5) is 0 Å². The van der Waals surface area contributed by atoms with Crippen LogP contribution in [0.5, 0.6) is 0 Å². The molecule has 0 radical (unpaired) electrons. The third kappa shape index (κ3) is 4.87. The van der Waals surface area contributed by atoms with Gasteiger partial charge < -0.3 is 5.11 Å². The standard InChI is InChI=1S/C22H21Cl2NO/c1-25(15-22(26)18-8-10-19(23)11-9-18)14-16-7-12-20(21(24)13-16)17-5-3-2-4-6-17/h2-13,22,26H,14-15H2,1H3. The molecule has 0 fully saturated rings. The lowest BCUT2D eigenvalue weighted by molar-refractivity contribution is 0.124. The van der Waals surface area contributed by atoms with Gasteiger partial charge in [-0.15, -0.1) is 0 Å². The predicted octanol–water partition coefficient (Wildman–Crippen LogP) is 5.83. The lowest BCUT2D eigenvalue weighted by atomic mass is 10.0. The molecule has 0 bridgehead atoms. The van der Waals surface area contributed by atoms with Gasteiger partial charge in [-0.2, -0.15) is 0 Å². The molecular weight excluding hydrogens is 365 g/mol. The van der Waals surface area contributed by atoms with Gasteiger partial charge in [0, 0.05) is 28.7 Å². The van der Waals surface area contributed by atoms with Crippen molar-refractivity contribution in [2.45, 2.75) is 12.6 Å². The highest BCUT2D eigenvalue weighted by atomic mass is 35.5. The van der Waals surface area contributed by atoms with Crippen molar-refractivity contribution in [2.75, 3.05) is 13.6 Å². The molecule has 1 unspecified atom stereocenters. The Balaban J connectivity index is 1.65. The molecule has 4 heteroatoms. The van der Waals surface area contributed by atoms with Crippen molar-refractivity contribution in [3.05, 3.63) is 94.0 Å². The maximum Gasteiger partial charge on any atom is 0.0916 e. The SMILES string of the molecule is CN(Cc1ccc(-c2ccccc2)c(Cl)c1)CC(O)c1ccc(Cl)cc1. The van der Waals surface area contributed by atoms with Crippen LogP contribution in [-0.4, -0.2) is 23.6 Å². The second kappa shape index (κ2) is 8.70. The normalized spacial score (nSPS) is 12.3. The van der Waals surface area contributed by atoms with Gasteiger partial charge in [-0.25, -0.2) is 0 Å². The molecule has 0 aliphatic heterocycles. The predicted molar refractivity (Wildman–Crippen MR) is 110 cm³/mol. The smallest absolute Gasteiger partial charge is 0.0916 e. The van der Waals surface area contributed by atoms with Gasteiger partial charge in [0.05, 0.1) is 6.10 Å². The van der Waals surface area contributed by atoms with E-state index >= 15 is 0 Å². The summed E-state index contributed by atoms with van der Waals surface area (Å²) < 4.78 is 0. The van der Waals surface area contributed by atoms with Crippen LogP contribution in [0.2, 0.25) is 10.0 Å². The third-order valence-corrected chi connectivity index (χ3v) is 4.87. The molecule has 3 aromatic carbocycles. The number of hydrogen-bond donors (Lipinski definition) is 1. The minimum Gasteiger partial charge on any atom is -0.387 e. The Labute approximate surface area is 164 Å². The van der Waals surface area contributed by atoms with Crippen LogP contribution in [0, 0.1) is 0 Å². The van der Waals surface area contributed by atoms with E-state index in [1.165, 1.54) is 0 Å². The Morgan fingerprint density at radius 2 is 1.62 bits per heavy atom. The monoisotopic (exact) mass is 385 g/mol. The van der Waals surface area contributed by atoms with E-state index in [4.69, 9.17) is 23.2 Å². The maximum absolute atomic E-state index is 10.4. The number of nitrogens with zero attached hydrogens (tertiary/aromatic N) is 1. The van der Waals surface area contributed by atoms with E-state index in [0.29, 0.717) is 18.1 Å².